The summed E-state index contributed by atoms with van der Waals surface area (Å²) in [6, 6.07) is 64.7. The number of rotatable bonds is 16. The summed E-state index contributed by atoms with van der Waals surface area (Å²) in [5.74, 6) is -5.64. The number of alkyl halides is 1. The predicted octanol–water partition coefficient (Wildman–Crippen LogP) is 28.2. The number of carboxylic acids is 2. The molecule has 6 amide bonds. The lowest BCUT2D eigenvalue weighted by atomic mass is 9.85. The number of hydrogen-bond donors (Lipinski definition) is 3. The van der Waals surface area contributed by atoms with Crippen LogP contribution < -0.4 is 34.6 Å². The minimum Gasteiger partial charge on any atom is -0.481 e. The van der Waals surface area contributed by atoms with Crippen LogP contribution in [0.25, 0.3) is 12.2 Å². The molecule has 718 valence electrons. The molecule has 13 aromatic carbocycles. The molecule has 0 atom stereocenters. The Morgan fingerprint density at radius 2 is 0.721 bits per heavy atom. The first kappa shape index (κ1) is 105. The number of carbonyl (C=O) groups excluding carboxylic acids is 7. The van der Waals surface area contributed by atoms with Crippen LogP contribution in [0.15, 0.2) is 272 Å². The highest BCUT2D eigenvalue weighted by molar-refractivity contribution is 9.11. The van der Waals surface area contributed by atoms with E-state index in [4.69, 9.17) is 10.2 Å². The number of benzene rings is 13. The van der Waals surface area contributed by atoms with E-state index in [1.165, 1.54) is 79.1 Å². The van der Waals surface area contributed by atoms with Crippen molar-refractivity contribution in [2.45, 2.75) is 118 Å². The molecule has 5 aliphatic rings. The van der Waals surface area contributed by atoms with Crippen molar-refractivity contribution in [3.8, 4) is 5.75 Å². The minimum atomic E-state index is -1.06. The number of hydrogen-bond acceptors (Lipinski definition) is 10. The highest BCUT2D eigenvalue weighted by Crippen LogP contribution is 2.51. The number of aromatic carboxylic acids is 1. The van der Waals surface area contributed by atoms with Crippen LogP contribution >= 0.6 is 79.6 Å². The van der Waals surface area contributed by atoms with Crippen molar-refractivity contribution < 1.29 is 88.8 Å². The van der Waals surface area contributed by atoms with Crippen molar-refractivity contribution in [3.05, 3.63) is 396 Å². The van der Waals surface area contributed by atoms with E-state index in [0.29, 0.717) is 52.4 Å². The Kier molecular flexibility index (Phi) is 33.3. The number of carbonyl (C=O) groups is 9. The smallest absolute Gasteiger partial charge is 0.335 e. The summed E-state index contributed by atoms with van der Waals surface area (Å²) in [7, 11) is 0. The predicted molar refractivity (Wildman–Crippen MR) is 551 cm³/mol. The van der Waals surface area contributed by atoms with Gasteiger partial charge in [-0.25, -0.2) is 35.5 Å². The van der Waals surface area contributed by atoms with E-state index in [-0.39, 0.29) is 82.4 Å². The highest BCUT2D eigenvalue weighted by atomic mass is 79.9. The zero-order valence-corrected chi connectivity index (χ0v) is 85.4. The number of nitrogens with zero attached hydrogens (tertiary/aromatic N) is 5. The lowest BCUT2D eigenvalue weighted by molar-refractivity contribution is -0.136. The van der Waals surface area contributed by atoms with E-state index in [0.717, 1.165) is 124 Å². The van der Waals surface area contributed by atoms with E-state index in [9.17, 15) is 73.9 Å². The first-order chi connectivity index (χ1) is 66.2. The molecule has 0 saturated heterocycles. The van der Waals surface area contributed by atoms with Crippen molar-refractivity contribution in [2.24, 2.45) is 0 Å². The Labute approximate surface area is 846 Å². The summed E-state index contributed by atoms with van der Waals surface area (Å²) < 4.78 is 105. The van der Waals surface area contributed by atoms with Crippen LogP contribution in [-0.4, -0.2) is 70.7 Å². The number of aldehydes is 1. The maximum atomic E-state index is 14.3. The van der Waals surface area contributed by atoms with Crippen LogP contribution in [0.4, 0.5) is 93.3 Å². The summed E-state index contributed by atoms with van der Waals surface area (Å²) in [5, 5.41) is 20.2. The van der Waals surface area contributed by atoms with E-state index < -0.39 is 64.2 Å². The summed E-state index contributed by atoms with van der Waals surface area (Å²) in [5.41, 5.74) is 14.9. The molecule has 0 radical (unpaired) electrons. The largest absolute Gasteiger partial charge is 0.481 e. The maximum Gasteiger partial charge on any atom is 0.335 e. The molecule has 30 heteroatoms. The third kappa shape index (κ3) is 23.5. The highest BCUT2D eigenvalue weighted by Gasteiger charge is 2.49. The molecule has 140 heavy (non-hydrogen) atoms. The van der Waals surface area contributed by atoms with Crippen molar-refractivity contribution in [1.29, 1.82) is 0 Å². The molecule has 0 saturated carbocycles. The van der Waals surface area contributed by atoms with E-state index in [1.54, 1.807) is 137 Å². The molecule has 0 unspecified atom stereocenters. The van der Waals surface area contributed by atoms with Crippen molar-refractivity contribution in [1.82, 2.24) is 0 Å². The minimum absolute atomic E-state index is 0.0417. The Morgan fingerprint density at radius 3 is 1.11 bits per heavy atom. The van der Waals surface area contributed by atoms with Crippen molar-refractivity contribution in [3.63, 3.8) is 0 Å². The maximum absolute atomic E-state index is 14.3. The number of ether oxygens (including phenoxy) is 1. The lowest BCUT2D eigenvalue weighted by Crippen LogP contribution is -2.33. The lowest BCUT2D eigenvalue weighted by Gasteiger charge is -2.21. The van der Waals surface area contributed by atoms with E-state index >= 15 is 0 Å². The third-order valence-corrected chi connectivity index (χ3v) is 26.5. The molecular formula is C110H92Br5F7N6O12. The molecule has 3 N–H and O–H groups in total. The van der Waals surface area contributed by atoms with Crippen LogP contribution in [0.2, 0.25) is 0 Å². The first-order valence-corrected chi connectivity index (χ1v) is 47.3. The normalized spacial score (nSPS) is 13.8. The Bertz CT molecular complexity index is 7040. The summed E-state index contributed by atoms with van der Waals surface area (Å²) >= 11 is 16.6. The van der Waals surface area contributed by atoms with Crippen LogP contribution in [0, 0.1) is 69.5 Å². The number of aliphatic carboxylic acids is 1. The Hall–Kier alpha value is -13.5. The number of halogens is 12. The molecule has 18 rings (SSSR count). The van der Waals surface area contributed by atoms with Gasteiger partial charge in [0.25, 0.3) is 0 Å². The summed E-state index contributed by atoms with van der Waals surface area (Å²) in [6.07, 6.45) is 4.94. The molecule has 0 fully saturated rings. The second-order valence-electron chi connectivity index (χ2n) is 34.8. The Balaban J connectivity index is 0.000000147. The van der Waals surface area contributed by atoms with Crippen LogP contribution in [0.3, 0.4) is 0 Å². The average molecular weight is 2220 g/mol. The third-order valence-electron chi connectivity index (χ3n) is 23.5. The number of anilines is 11. The van der Waals surface area contributed by atoms with Gasteiger partial charge in [0.1, 0.15) is 46.9 Å². The molecule has 18 nitrogen and oxygen atoms in total. The molecule has 0 bridgehead atoms. The number of carboxylic acid groups (broad SMARTS) is 2. The van der Waals surface area contributed by atoms with Gasteiger partial charge in [-0.05, 0) is 342 Å². The summed E-state index contributed by atoms with van der Waals surface area (Å²) in [6.45, 7) is 26.5. The van der Waals surface area contributed by atoms with Crippen LogP contribution in [0.1, 0.15) is 140 Å². The SMILES string of the molecule is C=Cc1ccc2c(c1)C(C)(C)C(=O)N2c1cc(C)ccc1F.C=Cc1ccc2c(c1)CC(=O)N2c1cc(C)ccc1F.Cc1ccc(F)c(N2C(=O)C(C)(C)c3cc(C(=O)O)ccc32)c1.Cc1ccc(F)c(N2C(=O)C(C)(C)c3cc(C=O)ccc32)c1.Cc1ccc(F)c(N2C(=O)Cc3cc(Br)ccc32)c1.O=C(Cc1cc(Br)ccc1Br)Nc1cc(OCF)ccc1F.O=C(O)Cc1cc(Br)ccc1Br. The number of amides is 6. The van der Waals surface area contributed by atoms with Crippen LogP contribution in [-0.2, 0) is 75.5 Å². The average Bonchev–Trinajstić information content (AvgIpc) is 1.59. The Morgan fingerprint density at radius 1 is 0.386 bits per heavy atom. The number of fused-ring (bicyclic) bond motifs is 5. The fourth-order valence-electron chi connectivity index (χ4n) is 16.2. The zero-order chi connectivity index (χ0) is 102. The summed E-state index contributed by atoms with van der Waals surface area (Å²) in [4.78, 5) is 115. The monoisotopic (exact) mass is 2220 g/mol. The van der Waals surface area contributed by atoms with Gasteiger partial charge < -0.3 is 20.3 Å². The van der Waals surface area contributed by atoms with Gasteiger partial charge in [0.2, 0.25) is 42.3 Å². The van der Waals surface area contributed by atoms with E-state index in [2.05, 4.69) is 103 Å². The quantitative estimate of drug-likeness (QED) is 0.0606. The standard InChI is InChI=1S/C19H18FNO.C18H16FNO3.C18H16FNO2.C17H14FNO.C15H11Br2F2NO2.C15H11BrFNO.C8H6Br2O2/c1-5-13-7-9-16-14(11-13)19(3,4)18(22)21(16)17-10-12(2)6-8-15(17)20;1-10-4-6-13(19)15(8-10)20-14-7-5-11(16(21)22)9-12(14)18(2,3)17(20)23;1-11-4-6-14(19)16(8-11)20-15-7-5-12(10-21)9-13(15)18(2,3)17(20)22;1-3-12-5-7-15-13(9-12)10-17(20)19(15)16-8-11(2)4-6-14(16)18;16-10-1-3-12(17)9(5-10)6-15(21)20-14-7-11(22-8-18)2-4-13(14)19;1-9-2-4-12(17)14(6-9)18-13-5-3-11(16)7-10(13)8-15(18)19;9-6-1-2-7(10)5(3-6)4-8(11)12/h5-11H,1H2,2-4H3;4-9H,1-3H3,(H,21,22);4-10H,1-3H3;3-9H,1,10H2,2H3;1-5,7H,6,8H2,(H,20,21);2-7H,8H2,1H3;1-3H,4H2,(H,11,12). The topological polar surface area (TPSA) is 232 Å². The fourth-order valence-corrected chi connectivity index (χ4v) is 18.2. The molecule has 0 spiro atoms. The van der Waals surface area contributed by atoms with Gasteiger partial charge in [0, 0.05) is 34.0 Å². The first-order valence-electron chi connectivity index (χ1n) is 43.4. The van der Waals surface area contributed by atoms with Gasteiger partial charge in [0.15, 0.2) is 0 Å². The number of aryl methyl sites for hydroxylation is 5. The zero-order valence-electron chi connectivity index (χ0n) is 77.4. The van der Waals surface area contributed by atoms with E-state index in [1.807, 2.05) is 127 Å². The molecular weight excluding hydrogens is 2130 g/mol. The molecule has 0 aromatic heterocycles. The van der Waals surface area contributed by atoms with Crippen molar-refractivity contribution in [2.75, 3.05) is 36.7 Å². The van der Waals surface area contributed by atoms with Crippen molar-refractivity contribution >= 4 is 208 Å². The molecule has 0 aliphatic carbocycles. The molecule has 5 aliphatic heterocycles. The fraction of sp³-hybridized carbons (Fsp3) is 0.173. The number of nitrogens with one attached hydrogen (secondary N) is 1. The van der Waals surface area contributed by atoms with Gasteiger partial charge in [-0.1, -0.05) is 147 Å². The van der Waals surface area contributed by atoms with Gasteiger partial charge in [-0.2, -0.15) is 0 Å². The molecule has 13 aromatic rings. The molecule has 5 heterocycles. The van der Waals surface area contributed by atoms with Gasteiger partial charge in [-0.3, -0.25) is 62.9 Å². The van der Waals surface area contributed by atoms with Gasteiger partial charge in [-0.15, -0.1) is 0 Å². The van der Waals surface area contributed by atoms with Gasteiger partial charge >= 0.3 is 11.9 Å². The van der Waals surface area contributed by atoms with Crippen LogP contribution in [0.5, 0.6) is 5.75 Å². The van der Waals surface area contributed by atoms with Gasteiger partial charge in [0.05, 0.1) is 110 Å². The second-order valence-corrected chi connectivity index (χ2v) is 39.3. The second kappa shape index (κ2) is 44.3.